The molecule has 0 N–H and O–H groups in total. The molecule has 0 aliphatic heterocycles. The molecule has 0 fully saturated rings. The first-order valence-corrected chi connectivity index (χ1v) is 3.49. The normalized spacial score (nSPS) is 11.5. The first-order valence-electron chi connectivity index (χ1n) is 3.12. The maximum atomic E-state index is 12.3. The summed E-state index contributed by atoms with van der Waals surface area (Å²) in [5.41, 5.74) is -2.65. The van der Waals surface area contributed by atoms with Crippen LogP contribution in [0, 0.1) is 6.08 Å². The molecule has 14 heavy (non-hydrogen) atoms. The van der Waals surface area contributed by atoms with Crippen molar-refractivity contribution in [3.05, 3.63) is 23.5 Å². The van der Waals surface area contributed by atoms with Crippen molar-refractivity contribution in [2.45, 2.75) is 6.18 Å². The van der Waals surface area contributed by atoms with Gasteiger partial charge in [0.1, 0.15) is 0 Å². The molecule has 1 aromatic heterocycles. The van der Waals surface area contributed by atoms with Gasteiger partial charge in [-0.25, -0.2) is 4.98 Å². The second-order valence-electron chi connectivity index (χ2n) is 2.17. The Morgan fingerprint density at radius 3 is 2.43 bits per heavy atom. The number of halogens is 5. The van der Waals surface area contributed by atoms with Gasteiger partial charge >= 0.3 is 12.3 Å². The molecule has 0 unspecified atom stereocenters. The zero-order valence-corrected chi connectivity index (χ0v) is 7.03. The van der Waals surface area contributed by atoms with E-state index in [2.05, 4.69) is 9.97 Å². The number of alkyl halides is 3. The van der Waals surface area contributed by atoms with Gasteiger partial charge in [-0.1, -0.05) is 0 Å². The molecular formula is C6HClF4N2O. The molecule has 1 aromatic rings. The summed E-state index contributed by atoms with van der Waals surface area (Å²) >= 11 is 4.83. The number of hydrogen-bond donors (Lipinski definition) is 0. The van der Waals surface area contributed by atoms with E-state index in [4.69, 9.17) is 11.6 Å². The van der Waals surface area contributed by atoms with Crippen LogP contribution in [0.4, 0.5) is 17.6 Å². The molecule has 0 aromatic carbocycles. The van der Waals surface area contributed by atoms with Gasteiger partial charge in [0, 0.05) is 6.20 Å². The summed E-state index contributed by atoms with van der Waals surface area (Å²) < 4.78 is 48.6. The predicted octanol–water partition coefficient (Wildman–Crippen LogP) is 2.01. The standard InChI is InChI=1S/C6HClF4N2O/c7-4(14)2-1-12-5(8)13-3(2)6(9,10)11/h1H. The Hall–Kier alpha value is -1.24. The Balaban J connectivity index is 3.38. The van der Waals surface area contributed by atoms with Gasteiger partial charge in [0.2, 0.25) is 0 Å². The number of nitrogens with zero attached hydrogens (tertiary/aromatic N) is 2. The van der Waals surface area contributed by atoms with Crippen LogP contribution in [0.15, 0.2) is 6.20 Å². The molecule has 76 valence electrons. The number of hydrogen-bond acceptors (Lipinski definition) is 3. The van der Waals surface area contributed by atoms with Crippen LogP contribution in [0.25, 0.3) is 0 Å². The molecule has 0 saturated heterocycles. The van der Waals surface area contributed by atoms with Crippen LogP contribution >= 0.6 is 11.6 Å². The van der Waals surface area contributed by atoms with Crippen molar-refractivity contribution < 1.29 is 22.4 Å². The highest BCUT2D eigenvalue weighted by atomic mass is 35.5. The summed E-state index contributed by atoms with van der Waals surface area (Å²) in [7, 11) is 0. The van der Waals surface area contributed by atoms with Crippen molar-refractivity contribution in [3.8, 4) is 0 Å². The maximum absolute atomic E-state index is 12.3. The maximum Gasteiger partial charge on any atom is 0.434 e. The van der Waals surface area contributed by atoms with Crippen molar-refractivity contribution in [1.29, 1.82) is 0 Å². The van der Waals surface area contributed by atoms with E-state index in [1.807, 2.05) is 0 Å². The summed E-state index contributed by atoms with van der Waals surface area (Å²) in [6, 6.07) is 0. The van der Waals surface area contributed by atoms with Gasteiger partial charge in [-0.3, -0.25) is 4.79 Å². The minimum atomic E-state index is -4.94. The number of aromatic nitrogens is 2. The molecule has 0 aliphatic carbocycles. The highest BCUT2D eigenvalue weighted by Crippen LogP contribution is 2.30. The first kappa shape index (κ1) is 10.8. The van der Waals surface area contributed by atoms with Crippen LogP contribution in [-0.2, 0) is 6.18 Å². The molecule has 0 saturated carbocycles. The number of rotatable bonds is 1. The Morgan fingerprint density at radius 2 is 2.00 bits per heavy atom. The average molecular weight is 229 g/mol. The van der Waals surface area contributed by atoms with Crippen molar-refractivity contribution in [2.24, 2.45) is 0 Å². The van der Waals surface area contributed by atoms with E-state index in [9.17, 15) is 22.4 Å². The molecule has 1 heterocycles. The summed E-state index contributed by atoms with van der Waals surface area (Å²) in [5, 5.41) is -1.39. The highest BCUT2D eigenvalue weighted by Gasteiger charge is 2.37. The molecular weight excluding hydrogens is 228 g/mol. The van der Waals surface area contributed by atoms with Gasteiger partial charge in [-0.15, -0.1) is 0 Å². The van der Waals surface area contributed by atoms with E-state index < -0.39 is 28.8 Å². The van der Waals surface area contributed by atoms with E-state index in [0.29, 0.717) is 6.20 Å². The van der Waals surface area contributed by atoms with Gasteiger partial charge in [0.25, 0.3) is 5.24 Å². The van der Waals surface area contributed by atoms with Crippen LogP contribution < -0.4 is 0 Å². The lowest BCUT2D eigenvalue weighted by atomic mass is 10.2. The van der Waals surface area contributed by atoms with Gasteiger partial charge in [0.05, 0.1) is 5.56 Å². The molecule has 3 nitrogen and oxygen atoms in total. The van der Waals surface area contributed by atoms with E-state index in [0.717, 1.165) is 0 Å². The van der Waals surface area contributed by atoms with Crippen LogP contribution in [0.5, 0.6) is 0 Å². The smallest absolute Gasteiger partial charge is 0.275 e. The fraction of sp³-hybridized carbons (Fsp3) is 0.167. The summed E-state index contributed by atoms with van der Waals surface area (Å²) in [6.45, 7) is 0. The Labute approximate surface area is 79.7 Å². The lowest BCUT2D eigenvalue weighted by Crippen LogP contribution is -2.15. The molecule has 0 spiro atoms. The van der Waals surface area contributed by atoms with Gasteiger partial charge < -0.3 is 0 Å². The lowest BCUT2D eigenvalue weighted by molar-refractivity contribution is -0.142. The summed E-state index contributed by atoms with van der Waals surface area (Å²) in [5.74, 6) is 0. The Kier molecular flexibility index (Phi) is 2.70. The SMILES string of the molecule is O=C(Cl)c1cnc(F)nc1C(F)(F)F. The van der Waals surface area contributed by atoms with Crippen molar-refractivity contribution in [2.75, 3.05) is 0 Å². The zero-order valence-electron chi connectivity index (χ0n) is 6.27. The fourth-order valence-corrected chi connectivity index (χ4v) is 0.859. The molecule has 0 bridgehead atoms. The topological polar surface area (TPSA) is 42.9 Å². The third-order valence-corrected chi connectivity index (χ3v) is 1.44. The third kappa shape index (κ3) is 2.16. The number of carbonyl (C=O) groups is 1. The molecule has 0 atom stereocenters. The first-order chi connectivity index (χ1) is 6.32. The zero-order chi connectivity index (χ0) is 10.9. The second-order valence-corrected chi connectivity index (χ2v) is 2.52. The fourth-order valence-electron chi connectivity index (χ4n) is 0.720. The van der Waals surface area contributed by atoms with E-state index in [1.165, 1.54) is 0 Å². The predicted molar refractivity (Wildman–Crippen MR) is 37.2 cm³/mol. The highest BCUT2D eigenvalue weighted by molar-refractivity contribution is 6.67. The number of carbonyl (C=O) groups excluding carboxylic acids is 1. The summed E-state index contributed by atoms with van der Waals surface area (Å²) in [6.07, 6.45) is -6.12. The van der Waals surface area contributed by atoms with E-state index in [-0.39, 0.29) is 0 Å². The minimum absolute atomic E-state index is 0.389. The van der Waals surface area contributed by atoms with Crippen molar-refractivity contribution >= 4 is 16.8 Å². The Morgan fingerprint density at radius 1 is 1.43 bits per heavy atom. The van der Waals surface area contributed by atoms with E-state index in [1.54, 1.807) is 0 Å². The van der Waals surface area contributed by atoms with Gasteiger partial charge in [-0.05, 0) is 11.6 Å². The molecule has 0 amide bonds. The third-order valence-electron chi connectivity index (χ3n) is 1.24. The van der Waals surface area contributed by atoms with Crippen molar-refractivity contribution in [3.63, 3.8) is 0 Å². The molecule has 0 radical (unpaired) electrons. The summed E-state index contributed by atoms with van der Waals surface area (Å²) in [4.78, 5) is 15.7. The van der Waals surface area contributed by atoms with Crippen LogP contribution in [0.2, 0.25) is 0 Å². The van der Waals surface area contributed by atoms with Crippen molar-refractivity contribution in [1.82, 2.24) is 9.97 Å². The van der Waals surface area contributed by atoms with E-state index >= 15 is 0 Å². The monoisotopic (exact) mass is 228 g/mol. The molecule has 1 rings (SSSR count). The largest absolute Gasteiger partial charge is 0.434 e. The second kappa shape index (κ2) is 3.49. The lowest BCUT2D eigenvalue weighted by Gasteiger charge is -2.07. The average Bonchev–Trinajstić information content (AvgIpc) is 2.01. The molecule has 0 aliphatic rings. The molecule has 8 heteroatoms. The van der Waals surface area contributed by atoms with Crippen LogP contribution in [0.3, 0.4) is 0 Å². The Bertz CT molecular complexity index is 379. The minimum Gasteiger partial charge on any atom is -0.275 e. The van der Waals surface area contributed by atoms with Gasteiger partial charge in [0.15, 0.2) is 5.69 Å². The van der Waals surface area contributed by atoms with Gasteiger partial charge in [-0.2, -0.15) is 22.5 Å². The van der Waals surface area contributed by atoms with Crippen LogP contribution in [-0.4, -0.2) is 15.2 Å². The quantitative estimate of drug-likeness (QED) is 0.420. The van der Waals surface area contributed by atoms with Crippen LogP contribution in [0.1, 0.15) is 16.1 Å².